The molecule has 0 atom stereocenters. The second-order valence-corrected chi connectivity index (χ2v) is 5.13. The molecule has 1 aliphatic heterocycles. The Labute approximate surface area is 135 Å². The molecular formula is C16H21N3O4. The zero-order chi connectivity index (χ0) is 16.8. The number of nitrogens with zero attached hydrogens (tertiary/aromatic N) is 1. The van der Waals surface area contributed by atoms with Gasteiger partial charge in [-0.3, -0.25) is 19.8 Å². The van der Waals surface area contributed by atoms with Gasteiger partial charge in [0.25, 0.3) is 5.91 Å². The Balaban J connectivity index is 2.32. The fraction of sp³-hybridized carbons (Fsp3) is 0.438. The standard InChI is InChI=1S/C16H21N3O4/c1-3-8-17-15(21)11-5-6-13(23-4-2)12(10-11)19-9-7-14(20)18-16(19)22/h5-6,10H,3-4,7-9H2,1-2H3,(H,17,21)(H,18,20,22). The van der Waals surface area contributed by atoms with Gasteiger partial charge in [-0.15, -0.1) is 0 Å². The number of hydrogen-bond donors (Lipinski definition) is 2. The summed E-state index contributed by atoms with van der Waals surface area (Å²) in [4.78, 5) is 36.9. The van der Waals surface area contributed by atoms with E-state index in [1.807, 2.05) is 13.8 Å². The van der Waals surface area contributed by atoms with Crippen molar-refractivity contribution in [1.82, 2.24) is 10.6 Å². The van der Waals surface area contributed by atoms with Crippen LogP contribution in [0, 0.1) is 0 Å². The topological polar surface area (TPSA) is 87.7 Å². The van der Waals surface area contributed by atoms with Gasteiger partial charge in [-0.05, 0) is 31.5 Å². The molecule has 7 heteroatoms. The van der Waals surface area contributed by atoms with Crippen molar-refractivity contribution in [3.8, 4) is 5.75 Å². The summed E-state index contributed by atoms with van der Waals surface area (Å²) in [6, 6.07) is 4.44. The second kappa shape index (κ2) is 7.62. The zero-order valence-electron chi connectivity index (χ0n) is 13.3. The van der Waals surface area contributed by atoms with Gasteiger partial charge in [-0.1, -0.05) is 6.92 Å². The molecule has 1 aromatic carbocycles. The van der Waals surface area contributed by atoms with Crippen LogP contribution in [0.15, 0.2) is 18.2 Å². The quantitative estimate of drug-likeness (QED) is 0.835. The van der Waals surface area contributed by atoms with Crippen molar-refractivity contribution in [1.29, 1.82) is 0 Å². The fourth-order valence-corrected chi connectivity index (χ4v) is 2.28. The molecule has 0 radical (unpaired) electrons. The number of nitrogens with one attached hydrogen (secondary N) is 2. The lowest BCUT2D eigenvalue weighted by atomic mass is 10.1. The van der Waals surface area contributed by atoms with E-state index in [1.54, 1.807) is 18.2 Å². The molecule has 0 spiro atoms. The summed E-state index contributed by atoms with van der Waals surface area (Å²) in [6.45, 7) is 5.08. The molecule has 23 heavy (non-hydrogen) atoms. The molecule has 1 saturated heterocycles. The van der Waals surface area contributed by atoms with E-state index in [-0.39, 0.29) is 24.8 Å². The highest BCUT2D eigenvalue weighted by Crippen LogP contribution is 2.31. The van der Waals surface area contributed by atoms with E-state index in [2.05, 4.69) is 10.6 Å². The fourth-order valence-electron chi connectivity index (χ4n) is 2.28. The van der Waals surface area contributed by atoms with Crippen LogP contribution in [0.3, 0.4) is 0 Å². The summed E-state index contributed by atoms with van der Waals surface area (Å²) in [5, 5.41) is 5.07. The van der Waals surface area contributed by atoms with Gasteiger partial charge in [-0.2, -0.15) is 0 Å². The Bertz CT molecular complexity index is 615. The van der Waals surface area contributed by atoms with Crippen LogP contribution in [0.5, 0.6) is 5.75 Å². The molecule has 1 heterocycles. The number of benzene rings is 1. The minimum absolute atomic E-state index is 0.204. The summed E-state index contributed by atoms with van der Waals surface area (Å²) < 4.78 is 5.54. The van der Waals surface area contributed by atoms with Crippen molar-refractivity contribution < 1.29 is 19.1 Å². The molecule has 0 saturated carbocycles. The minimum atomic E-state index is -0.506. The first-order valence-corrected chi connectivity index (χ1v) is 7.73. The Kier molecular flexibility index (Phi) is 5.56. The Morgan fingerprint density at radius 2 is 2.13 bits per heavy atom. The van der Waals surface area contributed by atoms with Gasteiger partial charge in [0.05, 0.1) is 12.3 Å². The van der Waals surface area contributed by atoms with Crippen LogP contribution in [0.25, 0.3) is 0 Å². The summed E-state index contributed by atoms with van der Waals surface area (Å²) in [7, 11) is 0. The first-order valence-electron chi connectivity index (χ1n) is 7.73. The van der Waals surface area contributed by atoms with E-state index in [9.17, 15) is 14.4 Å². The van der Waals surface area contributed by atoms with E-state index in [1.165, 1.54) is 4.90 Å². The smallest absolute Gasteiger partial charge is 0.328 e. The highest BCUT2D eigenvalue weighted by Gasteiger charge is 2.27. The number of carbonyl (C=O) groups is 3. The highest BCUT2D eigenvalue weighted by molar-refractivity contribution is 6.07. The SMILES string of the molecule is CCCNC(=O)c1ccc(OCC)c(N2CCC(=O)NC2=O)c1. The molecule has 0 bridgehead atoms. The molecule has 2 rings (SSSR count). The van der Waals surface area contributed by atoms with Crippen molar-refractivity contribution >= 4 is 23.5 Å². The molecule has 0 unspecified atom stereocenters. The van der Waals surface area contributed by atoms with Crippen molar-refractivity contribution in [3.63, 3.8) is 0 Å². The maximum Gasteiger partial charge on any atom is 0.328 e. The number of imide groups is 1. The van der Waals surface area contributed by atoms with Crippen molar-refractivity contribution in [2.45, 2.75) is 26.7 Å². The highest BCUT2D eigenvalue weighted by atomic mass is 16.5. The van der Waals surface area contributed by atoms with Crippen LogP contribution in [0.4, 0.5) is 10.5 Å². The van der Waals surface area contributed by atoms with Crippen LogP contribution in [0.1, 0.15) is 37.0 Å². The maximum absolute atomic E-state index is 12.1. The van der Waals surface area contributed by atoms with Gasteiger partial charge in [0.2, 0.25) is 5.91 Å². The van der Waals surface area contributed by atoms with Gasteiger partial charge in [0, 0.05) is 25.1 Å². The number of urea groups is 1. The van der Waals surface area contributed by atoms with Gasteiger partial charge < -0.3 is 10.1 Å². The Morgan fingerprint density at radius 3 is 2.78 bits per heavy atom. The van der Waals surface area contributed by atoms with E-state index < -0.39 is 6.03 Å². The van der Waals surface area contributed by atoms with E-state index in [0.29, 0.717) is 30.2 Å². The van der Waals surface area contributed by atoms with E-state index >= 15 is 0 Å². The third kappa shape index (κ3) is 4.00. The van der Waals surface area contributed by atoms with Crippen LogP contribution in [-0.2, 0) is 4.79 Å². The van der Waals surface area contributed by atoms with Crippen LogP contribution in [0.2, 0.25) is 0 Å². The molecule has 1 aromatic rings. The van der Waals surface area contributed by atoms with Crippen LogP contribution >= 0.6 is 0 Å². The molecule has 0 aromatic heterocycles. The summed E-state index contributed by atoms with van der Waals surface area (Å²) in [5.41, 5.74) is 0.933. The number of ether oxygens (including phenoxy) is 1. The van der Waals surface area contributed by atoms with Crippen molar-refractivity contribution in [2.75, 3.05) is 24.6 Å². The summed E-state index contributed by atoms with van der Waals surface area (Å²) in [6.07, 6.45) is 1.05. The number of carbonyl (C=O) groups excluding carboxylic acids is 3. The van der Waals surface area contributed by atoms with Gasteiger partial charge in [0.15, 0.2) is 0 Å². The van der Waals surface area contributed by atoms with Crippen LogP contribution < -0.4 is 20.3 Å². The number of anilines is 1. The molecule has 4 amide bonds. The molecule has 1 fully saturated rings. The maximum atomic E-state index is 12.1. The van der Waals surface area contributed by atoms with Crippen molar-refractivity contribution in [3.05, 3.63) is 23.8 Å². The van der Waals surface area contributed by atoms with Crippen molar-refractivity contribution in [2.24, 2.45) is 0 Å². The first kappa shape index (κ1) is 16.8. The molecule has 7 nitrogen and oxygen atoms in total. The summed E-state index contributed by atoms with van der Waals surface area (Å²) >= 11 is 0. The average Bonchev–Trinajstić information content (AvgIpc) is 2.53. The lowest BCUT2D eigenvalue weighted by molar-refractivity contribution is -0.120. The average molecular weight is 319 g/mol. The lowest BCUT2D eigenvalue weighted by Gasteiger charge is -2.28. The third-order valence-electron chi connectivity index (χ3n) is 3.40. The first-order chi connectivity index (χ1) is 11.1. The van der Waals surface area contributed by atoms with Gasteiger partial charge >= 0.3 is 6.03 Å². The monoisotopic (exact) mass is 319 g/mol. The normalized spacial score (nSPS) is 14.4. The molecule has 0 aliphatic carbocycles. The number of rotatable bonds is 6. The Hall–Kier alpha value is -2.57. The van der Waals surface area contributed by atoms with Gasteiger partial charge in [-0.25, -0.2) is 4.79 Å². The third-order valence-corrected chi connectivity index (χ3v) is 3.40. The number of amides is 4. The van der Waals surface area contributed by atoms with E-state index in [0.717, 1.165) is 6.42 Å². The van der Waals surface area contributed by atoms with Gasteiger partial charge in [0.1, 0.15) is 5.75 Å². The molecular weight excluding hydrogens is 298 g/mol. The predicted molar refractivity (Wildman–Crippen MR) is 85.7 cm³/mol. The second-order valence-electron chi connectivity index (χ2n) is 5.13. The zero-order valence-corrected chi connectivity index (χ0v) is 13.3. The molecule has 124 valence electrons. The minimum Gasteiger partial charge on any atom is -0.492 e. The Morgan fingerprint density at radius 1 is 1.35 bits per heavy atom. The molecule has 1 aliphatic rings. The summed E-state index contributed by atoms with van der Waals surface area (Å²) in [5.74, 6) is -0.00487. The largest absolute Gasteiger partial charge is 0.492 e. The number of hydrogen-bond acceptors (Lipinski definition) is 4. The molecule has 2 N–H and O–H groups in total. The predicted octanol–water partition coefficient (Wildman–Crippen LogP) is 1.67. The lowest BCUT2D eigenvalue weighted by Crippen LogP contribution is -2.49. The van der Waals surface area contributed by atoms with Crippen LogP contribution in [-0.4, -0.2) is 37.5 Å². The van der Waals surface area contributed by atoms with E-state index in [4.69, 9.17) is 4.74 Å².